The van der Waals surface area contributed by atoms with E-state index in [1.165, 1.54) is 0 Å². The Bertz CT molecular complexity index is 327. The Morgan fingerprint density at radius 2 is 1.31 bits per heavy atom. The highest BCUT2D eigenvalue weighted by Gasteiger charge is 2.38. The standard InChI is InChI=1S/C3H9NO6P2.HO3P/c1-3(2)4(11(5,6)7)12(8,9)10;1-4(2)3/h1H2,2H3,(H2,5,6,7)(H2,8,9,10);(H-,1,2,3)/p+1. The van der Waals surface area contributed by atoms with Gasteiger partial charge in [0.2, 0.25) is 0 Å². The zero-order valence-corrected chi connectivity index (χ0v) is 10.6. The Hall–Kier alpha value is -0.140. The monoisotopic (exact) mass is 298 g/mol. The molecular formula is C3H11NO9P3+. The van der Waals surface area contributed by atoms with Crippen LogP contribution < -0.4 is 0 Å². The van der Waals surface area contributed by atoms with E-state index in [4.69, 9.17) is 33.9 Å². The van der Waals surface area contributed by atoms with Crippen LogP contribution in [0.4, 0.5) is 0 Å². The smallest absolute Gasteiger partial charge is 0.308 e. The van der Waals surface area contributed by atoms with E-state index in [1.54, 1.807) is 0 Å². The molecule has 0 aliphatic heterocycles. The molecular weight excluding hydrogens is 287 g/mol. The molecule has 10 nitrogen and oxygen atoms in total. The van der Waals surface area contributed by atoms with Gasteiger partial charge in [-0.15, -0.1) is 9.79 Å². The molecule has 0 radical (unpaired) electrons. The average molecular weight is 298 g/mol. The number of hydrogen-bond donors (Lipinski definition) is 6. The van der Waals surface area contributed by atoms with Crippen LogP contribution in [0.3, 0.4) is 0 Å². The van der Waals surface area contributed by atoms with Crippen molar-refractivity contribution in [2.75, 3.05) is 0 Å². The van der Waals surface area contributed by atoms with Crippen molar-refractivity contribution in [3.63, 3.8) is 0 Å². The fourth-order valence-corrected chi connectivity index (χ4v) is 2.70. The molecule has 0 aromatic rings. The summed E-state index contributed by atoms with van der Waals surface area (Å²) in [6.45, 7) is 4.11. The second kappa shape index (κ2) is 6.56. The summed E-state index contributed by atoms with van der Waals surface area (Å²) in [6.07, 6.45) is 0. The molecule has 0 unspecified atom stereocenters. The molecule has 0 saturated carbocycles. The van der Waals surface area contributed by atoms with E-state index in [0.29, 0.717) is 0 Å². The van der Waals surface area contributed by atoms with Crippen molar-refractivity contribution in [3.05, 3.63) is 12.3 Å². The van der Waals surface area contributed by atoms with Crippen LogP contribution in [-0.4, -0.2) is 33.8 Å². The van der Waals surface area contributed by atoms with Gasteiger partial charge in [0.15, 0.2) is 0 Å². The fraction of sp³-hybridized carbons (Fsp3) is 0.333. The zero-order chi connectivity index (χ0) is 13.7. The molecule has 0 rings (SSSR count). The second-order valence-electron chi connectivity index (χ2n) is 2.30. The van der Waals surface area contributed by atoms with E-state index < -0.39 is 29.4 Å². The van der Waals surface area contributed by atoms with Gasteiger partial charge in [0, 0.05) is 10.3 Å². The van der Waals surface area contributed by atoms with E-state index in [1.807, 2.05) is 0 Å². The Balaban J connectivity index is 0. The Labute approximate surface area is 91.2 Å². The fourth-order valence-electron chi connectivity index (χ4n) is 0.597. The summed E-state index contributed by atoms with van der Waals surface area (Å²) in [7, 11) is -12.8. The number of allylic oxidation sites excluding steroid dienone is 1. The number of rotatable bonds is 3. The third-order valence-corrected chi connectivity index (χ3v) is 3.90. The van der Waals surface area contributed by atoms with E-state index in [0.717, 1.165) is 6.92 Å². The minimum Gasteiger partial charge on any atom is -0.308 e. The van der Waals surface area contributed by atoms with Crippen molar-refractivity contribution in [3.8, 4) is 0 Å². The van der Waals surface area contributed by atoms with Crippen LogP contribution in [0.5, 0.6) is 0 Å². The van der Waals surface area contributed by atoms with Crippen molar-refractivity contribution in [2.24, 2.45) is 0 Å². The molecule has 96 valence electrons. The van der Waals surface area contributed by atoms with Gasteiger partial charge < -0.3 is 19.6 Å². The Morgan fingerprint density at radius 3 is 1.31 bits per heavy atom. The molecule has 0 spiro atoms. The van der Waals surface area contributed by atoms with Gasteiger partial charge in [-0.3, -0.25) is 0 Å². The van der Waals surface area contributed by atoms with Crippen molar-refractivity contribution >= 4 is 23.7 Å². The molecule has 16 heavy (non-hydrogen) atoms. The topological polar surface area (TPSA) is 176 Å². The van der Waals surface area contributed by atoms with Crippen LogP contribution in [0, 0.1) is 0 Å². The summed E-state index contributed by atoms with van der Waals surface area (Å²) < 4.78 is 29.4. The van der Waals surface area contributed by atoms with Gasteiger partial charge in [-0.1, -0.05) is 6.58 Å². The summed E-state index contributed by atoms with van der Waals surface area (Å²) in [4.78, 5) is 48.1. The van der Waals surface area contributed by atoms with Gasteiger partial charge in [0.1, 0.15) is 0 Å². The van der Waals surface area contributed by atoms with Crippen molar-refractivity contribution in [1.29, 1.82) is 0 Å². The predicted molar refractivity (Wildman–Crippen MR) is 52.8 cm³/mol. The first-order valence-electron chi connectivity index (χ1n) is 3.22. The minimum absolute atomic E-state index is 0.319. The third kappa shape index (κ3) is 9.11. The van der Waals surface area contributed by atoms with Gasteiger partial charge in [0.25, 0.3) is 0 Å². The maximum Gasteiger partial charge on any atom is 0.692 e. The minimum atomic E-state index is -4.98. The van der Waals surface area contributed by atoms with E-state index >= 15 is 0 Å². The van der Waals surface area contributed by atoms with Gasteiger partial charge >= 0.3 is 23.7 Å². The summed E-state index contributed by atoms with van der Waals surface area (Å²) >= 11 is 0. The van der Waals surface area contributed by atoms with Crippen molar-refractivity contribution in [1.82, 2.24) is 4.44 Å². The molecule has 0 bridgehead atoms. The maximum absolute atomic E-state index is 10.5. The Morgan fingerprint density at radius 1 is 1.12 bits per heavy atom. The van der Waals surface area contributed by atoms with E-state index in [-0.39, 0.29) is 4.44 Å². The summed E-state index contributed by atoms with van der Waals surface area (Å²) in [5.74, 6) is 0. The molecule has 0 amide bonds. The highest BCUT2D eigenvalue weighted by Crippen LogP contribution is 2.59. The SMILES string of the molecule is C=C(C)N(P(=O)(O)O)P(=O)(O)O.O=[P+](O)O. The molecule has 0 aliphatic rings. The van der Waals surface area contributed by atoms with Crippen LogP contribution >= 0.6 is 23.7 Å². The first-order valence-corrected chi connectivity index (χ1v) is 7.52. The van der Waals surface area contributed by atoms with Crippen molar-refractivity contribution < 1.29 is 43.1 Å². The van der Waals surface area contributed by atoms with Crippen LogP contribution in [0.25, 0.3) is 0 Å². The van der Waals surface area contributed by atoms with Crippen LogP contribution in [0.1, 0.15) is 6.92 Å². The lowest BCUT2D eigenvalue weighted by Gasteiger charge is -2.24. The van der Waals surface area contributed by atoms with Gasteiger partial charge in [-0.05, 0) is 6.92 Å². The predicted octanol–water partition coefficient (Wildman–Crippen LogP) is -0.364. The first-order chi connectivity index (χ1) is 6.80. The number of nitrogens with zero attached hydrogens (tertiary/aromatic N) is 1. The summed E-state index contributed by atoms with van der Waals surface area (Å²) in [5, 5.41) is 0. The molecule has 0 fully saturated rings. The van der Waals surface area contributed by atoms with Gasteiger partial charge in [-0.25, -0.2) is 9.13 Å². The molecule has 0 aromatic carbocycles. The summed E-state index contributed by atoms with van der Waals surface area (Å²) in [6, 6.07) is 0. The molecule has 0 aromatic heterocycles. The van der Waals surface area contributed by atoms with Crippen LogP contribution in [0.2, 0.25) is 0 Å². The van der Waals surface area contributed by atoms with Gasteiger partial charge in [-0.2, -0.15) is 4.44 Å². The maximum atomic E-state index is 10.5. The lowest BCUT2D eigenvalue weighted by atomic mass is 10.6. The number of hydrogen-bond acceptors (Lipinski definition) is 3. The third-order valence-electron chi connectivity index (χ3n) is 0.835. The highest BCUT2D eigenvalue weighted by atomic mass is 31.3. The molecule has 6 N–H and O–H groups in total. The molecule has 13 heteroatoms. The summed E-state index contributed by atoms with van der Waals surface area (Å²) in [5.41, 5.74) is -0.392. The highest BCUT2D eigenvalue weighted by molar-refractivity contribution is 7.65. The van der Waals surface area contributed by atoms with E-state index in [2.05, 4.69) is 6.58 Å². The quantitative estimate of drug-likeness (QED) is 0.377. The average Bonchev–Trinajstić information content (AvgIpc) is 1.73. The zero-order valence-electron chi connectivity index (χ0n) is 7.90. The van der Waals surface area contributed by atoms with Crippen LogP contribution in [-0.2, 0) is 13.7 Å². The molecule has 0 atom stereocenters. The molecule has 0 heterocycles. The molecule has 0 saturated heterocycles. The lowest BCUT2D eigenvalue weighted by molar-refractivity contribution is 0.287. The van der Waals surface area contributed by atoms with E-state index in [9.17, 15) is 9.13 Å². The molecule has 0 aliphatic carbocycles. The first kappa shape index (κ1) is 18.2. The van der Waals surface area contributed by atoms with Crippen molar-refractivity contribution in [2.45, 2.75) is 6.92 Å². The largest absolute Gasteiger partial charge is 0.692 e. The Kier molecular flexibility index (Phi) is 7.47. The second-order valence-corrected chi connectivity index (χ2v) is 5.98. The normalized spacial score (nSPS) is 11.2. The van der Waals surface area contributed by atoms with Gasteiger partial charge in [0.05, 0.1) is 0 Å². The lowest BCUT2D eigenvalue weighted by Crippen LogP contribution is -2.13. The van der Waals surface area contributed by atoms with Crippen LogP contribution in [0.15, 0.2) is 12.3 Å².